The molecule has 1 rings (SSSR count). The largest absolute Gasteiger partial charge is 0.347 e. The van der Waals surface area contributed by atoms with E-state index >= 15 is 0 Å². The molecule has 0 aliphatic carbocycles. The lowest BCUT2D eigenvalue weighted by atomic mass is 10.3. The molecule has 1 aromatic rings. The Labute approximate surface area is 96.2 Å². The SMILES string of the molecule is C=C(Br)CNC(=O)c1ccc(CC)s1. The number of amides is 1. The van der Waals surface area contributed by atoms with Gasteiger partial charge in [-0.2, -0.15) is 0 Å². The molecular weight excluding hydrogens is 262 g/mol. The topological polar surface area (TPSA) is 29.1 Å². The highest BCUT2D eigenvalue weighted by Gasteiger charge is 2.07. The zero-order valence-corrected chi connectivity index (χ0v) is 10.4. The van der Waals surface area contributed by atoms with Gasteiger partial charge >= 0.3 is 0 Å². The zero-order valence-electron chi connectivity index (χ0n) is 7.97. The van der Waals surface area contributed by atoms with Crippen LogP contribution in [0.5, 0.6) is 0 Å². The van der Waals surface area contributed by atoms with Gasteiger partial charge in [0.25, 0.3) is 5.91 Å². The summed E-state index contributed by atoms with van der Waals surface area (Å²) in [5, 5.41) is 2.76. The van der Waals surface area contributed by atoms with Gasteiger partial charge in [-0.05, 0) is 18.6 Å². The van der Waals surface area contributed by atoms with E-state index in [1.54, 1.807) is 0 Å². The Bertz CT molecular complexity index is 346. The number of rotatable bonds is 4. The van der Waals surface area contributed by atoms with Crippen LogP contribution in [0.15, 0.2) is 23.2 Å². The number of halogens is 1. The molecule has 4 heteroatoms. The van der Waals surface area contributed by atoms with Crippen molar-refractivity contribution in [3.05, 3.63) is 32.9 Å². The summed E-state index contributed by atoms with van der Waals surface area (Å²) in [6.07, 6.45) is 0.975. The Morgan fingerprint density at radius 1 is 1.64 bits per heavy atom. The molecule has 1 heterocycles. The maximum absolute atomic E-state index is 11.5. The molecule has 76 valence electrons. The minimum Gasteiger partial charge on any atom is -0.347 e. The van der Waals surface area contributed by atoms with Crippen molar-refractivity contribution in [3.8, 4) is 0 Å². The fourth-order valence-corrected chi connectivity index (χ4v) is 1.96. The Balaban J connectivity index is 2.56. The lowest BCUT2D eigenvalue weighted by Gasteiger charge is -2.00. The Morgan fingerprint density at radius 2 is 2.36 bits per heavy atom. The maximum Gasteiger partial charge on any atom is 0.261 e. The van der Waals surface area contributed by atoms with Crippen molar-refractivity contribution in [2.45, 2.75) is 13.3 Å². The Kier molecular flexibility index (Phi) is 4.35. The number of hydrogen-bond acceptors (Lipinski definition) is 2. The molecule has 0 bridgehead atoms. The van der Waals surface area contributed by atoms with Crippen molar-refractivity contribution in [1.82, 2.24) is 5.32 Å². The fraction of sp³-hybridized carbons (Fsp3) is 0.300. The third-order valence-corrected chi connectivity index (χ3v) is 3.18. The van der Waals surface area contributed by atoms with Crippen LogP contribution in [-0.4, -0.2) is 12.5 Å². The number of nitrogens with one attached hydrogen (secondary N) is 1. The monoisotopic (exact) mass is 273 g/mol. The smallest absolute Gasteiger partial charge is 0.261 e. The van der Waals surface area contributed by atoms with Crippen LogP contribution in [0, 0.1) is 0 Å². The zero-order chi connectivity index (χ0) is 10.6. The van der Waals surface area contributed by atoms with Crippen LogP contribution in [0.25, 0.3) is 0 Å². The van der Waals surface area contributed by atoms with E-state index < -0.39 is 0 Å². The summed E-state index contributed by atoms with van der Waals surface area (Å²) in [5.74, 6) is -0.0321. The average molecular weight is 274 g/mol. The molecule has 1 amide bonds. The summed E-state index contributed by atoms with van der Waals surface area (Å²) in [4.78, 5) is 13.5. The molecular formula is C10H12BrNOS. The van der Waals surface area contributed by atoms with Gasteiger partial charge in [0.05, 0.1) is 4.88 Å². The van der Waals surface area contributed by atoms with Crippen LogP contribution < -0.4 is 5.32 Å². The first-order chi connectivity index (χ1) is 6.63. The first-order valence-electron chi connectivity index (χ1n) is 4.33. The van der Waals surface area contributed by atoms with Gasteiger partial charge < -0.3 is 5.32 Å². The molecule has 1 aromatic heterocycles. The quantitative estimate of drug-likeness (QED) is 0.898. The number of thiophene rings is 1. The summed E-state index contributed by atoms with van der Waals surface area (Å²) in [6.45, 7) is 6.20. The van der Waals surface area contributed by atoms with Gasteiger partial charge in [0.1, 0.15) is 0 Å². The third-order valence-electron chi connectivity index (χ3n) is 1.67. The molecule has 0 atom stereocenters. The molecule has 0 aliphatic heterocycles. The molecule has 0 fully saturated rings. The van der Waals surface area contributed by atoms with Gasteiger partial charge in [-0.25, -0.2) is 0 Å². The molecule has 0 aromatic carbocycles. The second kappa shape index (κ2) is 5.32. The van der Waals surface area contributed by atoms with Crippen LogP contribution in [-0.2, 0) is 6.42 Å². The highest BCUT2D eigenvalue weighted by Crippen LogP contribution is 2.16. The Morgan fingerprint density at radius 3 is 2.86 bits per heavy atom. The maximum atomic E-state index is 11.5. The van der Waals surface area contributed by atoms with E-state index in [0.717, 1.165) is 15.8 Å². The minimum absolute atomic E-state index is 0.0321. The normalized spacial score (nSPS) is 9.86. The Hall–Kier alpha value is -0.610. The van der Waals surface area contributed by atoms with Crippen molar-refractivity contribution in [1.29, 1.82) is 0 Å². The molecule has 2 nitrogen and oxygen atoms in total. The molecule has 0 saturated heterocycles. The number of aryl methyl sites for hydroxylation is 1. The van der Waals surface area contributed by atoms with Gasteiger partial charge in [0, 0.05) is 15.9 Å². The number of carbonyl (C=O) groups excluding carboxylic acids is 1. The predicted molar refractivity (Wildman–Crippen MR) is 64.1 cm³/mol. The molecule has 0 spiro atoms. The van der Waals surface area contributed by atoms with Crippen molar-refractivity contribution in [2.24, 2.45) is 0 Å². The molecule has 1 N–H and O–H groups in total. The highest BCUT2D eigenvalue weighted by atomic mass is 79.9. The van der Waals surface area contributed by atoms with Crippen LogP contribution in [0.3, 0.4) is 0 Å². The summed E-state index contributed by atoms with van der Waals surface area (Å²) in [6, 6.07) is 3.85. The lowest BCUT2D eigenvalue weighted by Crippen LogP contribution is -2.23. The second-order valence-electron chi connectivity index (χ2n) is 2.82. The molecule has 0 unspecified atom stereocenters. The first kappa shape index (κ1) is 11.5. The summed E-state index contributed by atoms with van der Waals surface area (Å²) in [5.41, 5.74) is 0. The van der Waals surface area contributed by atoms with E-state index in [-0.39, 0.29) is 5.91 Å². The van der Waals surface area contributed by atoms with Crippen molar-refractivity contribution >= 4 is 33.2 Å². The summed E-state index contributed by atoms with van der Waals surface area (Å²) in [7, 11) is 0. The van der Waals surface area contributed by atoms with E-state index in [4.69, 9.17) is 0 Å². The number of carbonyl (C=O) groups is 1. The first-order valence-corrected chi connectivity index (χ1v) is 5.94. The number of hydrogen-bond donors (Lipinski definition) is 1. The van der Waals surface area contributed by atoms with E-state index in [2.05, 4.69) is 34.7 Å². The molecule has 14 heavy (non-hydrogen) atoms. The van der Waals surface area contributed by atoms with Gasteiger partial charge in [-0.1, -0.05) is 29.4 Å². The van der Waals surface area contributed by atoms with Crippen LogP contribution >= 0.6 is 27.3 Å². The van der Waals surface area contributed by atoms with Crippen molar-refractivity contribution in [2.75, 3.05) is 6.54 Å². The van der Waals surface area contributed by atoms with Gasteiger partial charge in [-0.15, -0.1) is 11.3 Å². The second-order valence-corrected chi connectivity index (χ2v) is 5.11. The van der Waals surface area contributed by atoms with Gasteiger partial charge in [-0.3, -0.25) is 4.79 Å². The highest BCUT2D eigenvalue weighted by molar-refractivity contribution is 9.11. The predicted octanol–water partition coefficient (Wildman–Crippen LogP) is 2.95. The fourth-order valence-electron chi connectivity index (χ4n) is 0.953. The summed E-state index contributed by atoms with van der Waals surface area (Å²) < 4.78 is 0.776. The van der Waals surface area contributed by atoms with E-state index in [9.17, 15) is 4.79 Å². The minimum atomic E-state index is -0.0321. The van der Waals surface area contributed by atoms with Crippen molar-refractivity contribution in [3.63, 3.8) is 0 Å². The molecule has 0 radical (unpaired) electrons. The summed E-state index contributed by atoms with van der Waals surface area (Å²) >= 11 is 4.72. The lowest BCUT2D eigenvalue weighted by molar-refractivity contribution is 0.0962. The van der Waals surface area contributed by atoms with Crippen LogP contribution in [0.2, 0.25) is 0 Å². The third kappa shape index (κ3) is 3.27. The van der Waals surface area contributed by atoms with Crippen LogP contribution in [0.4, 0.5) is 0 Å². The van der Waals surface area contributed by atoms with E-state index in [0.29, 0.717) is 6.54 Å². The van der Waals surface area contributed by atoms with Crippen LogP contribution in [0.1, 0.15) is 21.5 Å². The standard InChI is InChI=1S/C10H12BrNOS/c1-3-8-4-5-9(14-8)10(13)12-6-7(2)11/h4-5H,2-3,6H2,1H3,(H,12,13). The van der Waals surface area contributed by atoms with E-state index in [1.165, 1.54) is 16.2 Å². The average Bonchev–Trinajstić information content (AvgIpc) is 2.62. The van der Waals surface area contributed by atoms with E-state index in [1.807, 2.05) is 12.1 Å². The molecule has 0 aliphatic rings. The van der Waals surface area contributed by atoms with Gasteiger partial charge in [0.2, 0.25) is 0 Å². The molecule has 0 saturated carbocycles. The van der Waals surface area contributed by atoms with Crippen molar-refractivity contribution < 1.29 is 4.79 Å². The van der Waals surface area contributed by atoms with Gasteiger partial charge in [0.15, 0.2) is 0 Å².